The van der Waals surface area contributed by atoms with Crippen LogP contribution in [0.5, 0.6) is 0 Å². The van der Waals surface area contributed by atoms with Crippen LogP contribution in [0.2, 0.25) is 0 Å². The first-order valence-electron chi connectivity index (χ1n) is 7.57. The van der Waals surface area contributed by atoms with Crippen molar-refractivity contribution in [1.29, 1.82) is 0 Å². The molecule has 2 aliphatic rings. The highest BCUT2D eigenvalue weighted by Gasteiger charge is 2.20. The summed E-state index contributed by atoms with van der Waals surface area (Å²) in [5.41, 5.74) is 0.644. The van der Waals surface area contributed by atoms with Gasteiger partial charge < -0.3 is 14.8 Å². The number of morpholine rings is 1. The predicted octanol–water partition coefficient (Wildman–Crippen LogP) is 0.246. The van der Waals surface area contributed by atoms with Gasteiger partial charge in [0, 0.05) is 19.2 Å². The minimum absolute atomic E-state index is 0.0599. The first-order chi connectivity index (χ1) is 10.3. The van der Waals surface area contributed by atoms with E-state index in [-0.39, 0.29) is 12.0 Å². The fraction of sp³-hybridized carbons (Fsp3) is 0.600. The second kappa shape index (κ2) is 6.87. The van der Waals surface area contributed by atoms with E-state index in [0.29, 0.717) is 12.1 Å². The molecular weight excluding hydrogens is 270 g/mol. The summed E-state index contributed by atoms with van der Waals surface area (Å²) in [5, 5.41) is 2.92. The Balaban J connectivity index is 1.54. The van der Waals surface area contributed by atoms with Crippen LogP contribution in [0.1, 0.15) is 23.2 Å². The molecule has 2 saturated heterocycles. The van der Waals surface area contributed by atoms with E-state index in [1.54, 1.807) is 6.20 Å². The molecule has 2 aliphatic heterocycles. The number of carbonyl (C=O) groups excluding carboxylic acids is 1. The number of ether oxygens (including phenoxy) is 2. The smallest absolute Gasteiger partial charge is 0.274 e. The van der Waals surface area contributed by atoms with Crippen LogP contribution >= 0.6 is 0 Å². The number of H-pyrrole nitrogens is 1. The van der Waals surface area contributed by atoms with Crippen molar-refractivity contribution in [2.45, 2.75) is 18.9 Å². The van der Waals surface area contributed by atoms with Crippen molar-refractivity contribution in [1.82, 2.24) is 5.32 Å². The Labute approximate surface area is 124 Å². The molecule has 0 saturated carbocycles. The third kappa shape index (κ3) is 3.71. The zero-order chi connectivity index (χ0) is 14.5. The number of nitrogens with zero attached hydrogens (tertiary/aromatic N) is 1. The number of aromatic amines is 1. The molecule has 3 rings (SSSR count). The zero-order valence-electron chi connectivity index (χ0n) is 12.1. The highest BCUT2D eigenvalue weighted by molar-refractivity contribution is 5.93. The van der Waals surface area contributed by atoms with Crippen LogP contribution in [0.4, 0.5) is 5.82 Å². The molecule has 1 amide bonds. The zero-order valence-corrected chi connectivity index (χ0v) is 12.1. The minimum Gasteiger partial charge on any atom is -0.376 e. The highest BCUT2D eigenvalue weighted by atomic mass is 16.5. The quantitative estimate of drug-likeness (QED) is 0.864. The molecule has 0 spiro atoms. The fourth-order valence-corrected chi connectivity index (χ4v) is 2.67. The van der Waals surface area contributed by atoms with Crippen LogP contribution in [0.3, 0.4) is 0 Å². The van der Waals surface area contributed by atoms with Crippen molar-refractivity contribution in [3.05, 3.63) is 23.9 Å². The van der Waals surface area contributed by atoms with Gasteiger partial charge >= 0.3 is 0 Å². The van der Waals surface area contributed by atoms with Crippen molar-refractivity contribution in [2.75, 3.05) is 44.4 Å². The van der Waals surface area contributed by atoms with Crippen LogP contribution in [0.25, 0.3) is 0 Å². The van der Waals surface area contributed by atoms with E-state index in [0.717, 1.165) is 51.6 Å². The molecule has 6 heteroatoms. The molecule has 6 nitrogen and oxygen atoms in total. The molecule has 3 heterocycles. The lowest BCUT2D eigenvalue weighted by molar-refractivity contribution is -0.364. The van der Waals surface area contributed by atoms with Gasteiger partial charge in [0.1, 0.15) is 19.3 Å². The Morgan fingerprint density at radius 1 is 1.33 bits per heavy atom. The standard InChI is InChI=1S/C15H21N3O3/c19-15(17-11-13-2-1-7-21-13)12-3-4-14(16-10-12)18-5-8-20-9-6-18/h3-4,10,13H,1-2,5-9,11H2,(H,17,19)/p+1/t13-/m0/s1. The molecule has 114 valence electrons. The number of rotatable bonds is 4. The number of aromatic nitrogens is 1. The van der Waals surface area contributed by atoms with Crippen molar-refractivity contribution >= 4 is 11.7 Å². The highest BCUT2D eigenvalue weighted by Crippen LogP contribution is 2.12. The Morgan fingerprint density at radius 3 is 2.86 bits per heavy atom. The van der Waals surface area contributed by atoms with E-state index in [2.05, 4.69) is 15.2 Å². The Kier molecular flexibility index (Phi) is 4.67. The molecule has 2 fully saturated rings. The number of hydrogen-bond acceptors (Lipinski definition) is 4. The van der Waals surface area contributed by atoms with Crippen LogP contribution in [0, 0.1) is 0 Å². The predicted molar refractivity (Wildman–Crippen MR) is 77.3 cm³/mol. The van der Waals surface area contributed by atoms with Gasteiger partial charge in [-0.1, -0.05) is 0 Å². The average molecular weight is 292 g/mol. The summed E-state index contributed by atoms with van der Waals surface area (Å²) in [6.45, 7) is 4.64. The molecule has 1 aromatic rings. The van der Waals surface area contributed by atoms with E-state index in [4.69, 9.17) is 9.47 Å². The molecular formula is C15H22N3O3+. The first-order valence-corrected chi connectivity index (χ1v) is 7.57. The van der Waals surface area contributed by atoms with Crippen LogP contribution < -0.4 is 15.2 Å². The van der Waals surface area contributed by atoms with E-state index >= 15 is 0 Å². The summed E-state index contributed by atoms with van der Waals surface area (Å²) < 4.78 is 10.8. The summed E-state index contributed by atoms with van der Waals surface area (Å²) in [5.74, 6) is 0.962. The Bertz CT molecular complexity index is 466. The van der Waals surface area contributed by atoms with Gasteiger partial charge in [-0.2, -0.15) is 0 Å². The Morgan fingerprint density at radius 2 is 2.19 bits per heavy atom. The van der Waals surface area contributed by atoms with Gasteiger partial charge in [-0.3, -0.25) is 9.69 Å². The SMILES string of the molecule is O=C(NC[C@@H]1CCCO1)c1ccc(N2CCOCC2)[nH+]c1. The number of nitrogens with one attached hydrogen (secondary N) is 2. The molecule has 0 radical (unpaired) electrons. The summed E-state index contributed by atoms with van der Waals surface area (Å²) >= 11 is 0. The Hall–Kier alpha value is -1.66. The topological polar surface area (TPSA) is 64.9 Å². The lowest BCUT2D eigenvalue weighted by atomic mass is 10.2. The second-order valence-electron chi connectivity index (χ2n) is 5.41. The number of hydrogen-bond donors (Lipinski definition) is 1. The summed E-state index contributed by atoms with van der Waals surface area (Å²) in [6.07, 6.45) is 4.05. The maximum Gasteiger partial charge on any atom is 0.274 e. The normalized spacial score (nSPS) is 22.3. The first kappa shape index (κ1) is 14.3. The number of amides is 1. The number of anilines is 1. The van der Waals surface area contributed by atoms with Crippen molar-refractivity contribution in [3.63, 3.8) is 0 Å². The van der Waals surface area contributed by atoms with Gasteiger partial charge in [-0.15, -0.1) is 0 Å². The summed E-state index contributed by atoms with van der Waals surface area (Å²) in [7, 11) is 0. The molecule has 0 aliphatic carbocycles. The molecule has 0 bridgehead atoms. The van der Waals surface area contributed by atoms with Crippen molar-refractivity contribution in [3.8, 4) is 0 Å². The van der Waals surface area contributed by atoms with Gasteiger partial charge in [0.15, 0.2) is 0 Å². The monoisotopic (exact) mass is 292 g/mol. The van der Waals surface area contributed by atoms with Crippen molar-refractivity contribution in [2.24, 2.45) is 0 Å². The van der Waals surface area contributed by atoms with Gasteiger partial charge in [0.2, 0.25) is 0 Å². The third-order valence-electron chi connectivity index (χ3n) is 3.92. The van der Waals surface area contributed by atoms with Crippen molar-refractivity contribution < 1.29 is 19.3 Å². The summed E-state index contributed by atoms with van der Waals surface area (Å²) in [4.78, 5) is 17.5. The maximum absolute atomic E-state index is 12.1. The summed E-state index contributed by atoms with van der Waals surface area (Å²) in [6, 6.07) is 3.80. The lowest BCUT2D eigenvalue weighted by Gasteiger charge is -2.21. The van der Waals surface area contributed by atoms with E-state index in [1.165, 1.54) is 0 Å². The third-order valence-corrected chi connectivity index (χ3v) is 3.92. The van der Waals surface area contributed by atoms with Gasteiger partial charge in [0.05, 0.1) is 24.9 Å². The largest absolute Gasteiger partial charge is 0.376 e. The average Bonchev–Trinajstić information content (AvgIpc) is 3.07. The molecule has 1 atom stereocenters. The molecule has 21 heavy (non-hydrogen) atoms. The fourth-order valence-electron chi connectivity index (χ4n) is 2.67. The van der Waals surface area contributed by atoms with Gasteiger partial charge in [-0.25, -0.2) is 4.98 Å². The maximum atomic E-state index is 12.1. The van der Waals surface area contributed by atoms with E-state index < -0.39 is 0 Å². The molecule has 0 unspecified atom stereocenters. The van der Waals surface area contributed by atoms with Crippen LogP contribution in [-0.2, 0) is 9.47 Å². The lowest BCUT2D eigenvalue weighted by Crippen LogP contribution is -2.39. The molecule has 2 N–H and O–H groups in total. The number of pyridine rings is 1. The van der Waals surface area contributed by atoms with E-state index in [9.17, 15) is 4.79 Å². The second-order valence-corrected chi connectivity index (χ2v) is 5.41. The number of carbonyl (C=O) groups is 1. The van der Waals surface area contributed by atoms with Crippen LogP contribution in [0.15, 0.2) is 18.3 Å². The van der Waals surface area contributed by atoms with E-state index in [1.807, 2.05) is 12.1 Å². The minimum atomic E-state index is -0.0599. The molecule has 0 aromatic carbocycles. The van der Waals surface area contributed by atoms with Gasteiger partial charge in [-0.05, 0) is 18.9 Å². The van der Waals surface area contributed by atoms with Crippen LogP contribution in [-0.4, -0.2) is 51.5 Å². The van der Waals surface area contributed by atoms with Gasteiger partial charge in [0.25, 0.3) is 11.7 Å². The molecule has 1 aromatic heterocycles.